The smallest absolute Gasteiger partial charge is 0.229 e. The summed E-state index contributed by atoms with van der Waals surface area (Å²) in [5.41, 5.74) is 7.09. The van der Waals surface area contributed by atoms with E-state index in [9.17, 15) is 14.7 Å². The summed E-state index contributed by atoms with van der Waals surface area (Å²) in [4.78, 5) is 22.8. The highest BCUT2D eigenvalue weighted by molar-refractivity contribution is 5.87. The van der Waals surface area contributed by atoms with Crippen LogP contribution >= 0.6 is 0 Å². The van der Waals surface area contributed by atoms with E-state index >= 15 is 0 Å². The van der Waals surface area contributed by atoms with Crippen molar-refractivity contribution >= 4 is 12.2 Å². The fraction of sp³-hybridized carbons (Fsp3) is 0.125. The Balaban J connectivity index is 2.58. The molecule has 0 fully saturated rings. The van der Waals surface area contributed by atoms with Crippen LogP contribution in [0.15, 0.2) is 42.5 Å². The zero-order chi connectivity index (χ0) is 15.4. The molecule has 21 heavy (non-hydrogen) atoms. The first-order chi connectivity index (χ1) is 10.1. The summed E-state index contributed by atoms with van der Waals surface area (Å²) in [6.45, 7) is 0. The highest BCUT2D eigenvalue weighted by Gasteiger charge is 2.24. The van der Waals surface area contributed by atoms with E-state index in [0.29, 0.717) is 28.7 Å². The Labute approximate surface area is 122 Å². The third kappa shape index (κ3) is 3.02. The topological polar surface area (TPSA) is 89.6 Å². The number of nitrogens with two attached hydrogens (primary N) is 1. The standard InChI is InChI=1S/C16H15NO4/c1-21-14-8-12(19)5-6-13(14)15(16(17)20)11-4-2-3-10(7-11)9-18/h2-9,15,19H,1H3,(H2,17,20). The number of carbonyl (C=O) groups excluding carboxylic acids is 2. The molecule has 2 rings (SSSR count). The number of methoxy groups -OCH3 is 1. The maximum Gasteiger partial charge on any atom is 0.229 e. The molecule has 0 spiro atoms. The van der Waals surface area contributed by atoms with Gasteiger partial charge in [-0.25, -0.2) is 0 Å². The molecule has 3 N–H and O–H groups in total. The predicted octanol–water partition coefficient (Wildman–Crippen LogP) is 1.83. The maximum absolute atomic E-state index is 11.9. The van der Waals surface area contributed by atoms with Gasteiger partial charge >= 0.3 is 0 Å². The molecule has 0 aromatic heterocycles. The zero-order valence-electron chi connectivity index (χ0n) is 11.4. The lowest BCUT2D eigenvalue weighted by atomic mass is 9.89. The minimum Gasteiger partial charge on any atom is -0.508 e. The van der Waals surface area contributed by atoms with Gasteiger partial charge in [0.15, 0.2) is 0 Å². The van der Waals surface area contributed by atoms with E-state index in [1.165, 1.54) is 19.2 Å². The fourth-order valence-corrected chi connectivity index (χ4v) is 2.25. The number of carbonyl (C=O) groups is 2. The number of aldehydes is 1. The monoisotopic (exact) mass is 285 g/mol. The number of ether oxygens (including phenoxy) is 1. The summed E-state index contributed by atoms with van der Waals surface area (Å²) >= 11 is 0. The first-order valence-electron chi connectivity index (χ1n) is 6.28. The van der Waals surface area contributed by atoms with Crippen molar-refractivity contribution in [3.8, 4) is 11.5 Å². The number of phenols is 1. The molecule has 1 unspecified atom stereocenters. The van der Waals surface area contributed by atoms with E-state index in [0.717, 1.165) is 0 Å². The molecular formula is C16H15NO4. The van der Waals surface area contributed by atoms with Gasteiger partial charge in [-0.2, -0.15) is 0 Å². The molecule has 1 amide bonds. The summed E-state index contributed by atoms with van der Waals surface area (Å²) in [5.74, 6) is -0.946. The first-order valence-corrected chi connectivity index (χ1v) is 6.28. The molecule has 0 saturated carbocycles. The van der Waals surface area contributed by atoms with Crippen molar-refractivity contribution in [1.82, 2.24) is 0 Å². The van der Waals surface area contributed by atoms with Crippen LogP contribution in [0.1, 0.15) is 27.4 Å². The molecule has 5 heteroatoms. The Morgan fingerprint density at radius 2 is 2.05 bits per heavy atom. The number of rotatable bonds is 5. The van der Waals surface area contributed by atoms with Gasteiger partial charge in [0.25, 0.3) is 0 Å². The number of hydrogen-bond donors (Lipinski definition) is 2. The van der Waals surface area contributed by atoms with Gasteiger partial charge in [0.1, 0.15) is 17.8 Å². The molecule has 0 radical (unpaired) electrons. The highest BCUT2D eigenvalue weighted by atomic mass is 16.5. The predicted molar refractivity (Wildman–Crippen MR) is 77.5 cm³/mol. The molecule has 108 valence electrons. The van der Waals surface area contributed by atoms with Crippen LogP contribution in [0.25, 0.3) is 0 Å². The van der Waals surface area contributed by atoms with Crippen molar-refractivity contribution in [1.29, 1.82) is 0 Å². The first kappa shape index (κ1) is 14.6. The van der Waals surface area contributed by atoms with E-state index < -0.39 is 11.8 Å². The lowest BCUT2D eigenvalue weighted by Crippen LogP contribution is -2.23. The van der Waals surface area contributed by atoms with Gasteiger partial charge in [0.2, 0.25) is 5.91 Å². The molecule has 5 nitrogen and oxygen atoms in total. The lowest BCUT2D eigenvalue weighted by molar-refractivity contribution is -0.118. The Morgan fingerprint density at radius 1 is 1.29 bits per heavy atom. The third-order valence-electron chi connectivity index (χ3n) is 3.19. The number of benzene rings is 2. The van der Waals surface area contributed by atoms with Crippen LogP contribution in [-0.2, 0) is 4.79 Å². The zero-order valence-corrected chi connectivity index (χ0v) is 11.4. The summed E-state index contributed by atoms with van der Waals surface area (Å²) in [6, 6.07) is 11.1. The summed E-state index contributed by atoms with van der Waals surface area (Å²) in [7, 11) is 1.44. The van der Waals surface area contributed by atoms with Crippen molar-refractivity contribution in [2.75, 3.05) is 7.11 Å². The third-order valence-corrected chi connectivity index (χ3v) is 3.19. The van der Waals surface area contributed by atoms with E-state index in [-0.39, 0.29) is 5.75 Å². The highest BCUT2D eigenvalue weighted by Crippen LogP contribution is 2.34. The van der Waals surface area contributed by atoms with Crippen molar-refractivity contribution in [3.05, 3.63) is 59.2 Å². The van der Waals surface area contributed by atoms with Gasteiger partial charge in [-0.05, 0) is 17.7 Å². The van der Waals surface area contributed by atoms with Crippen LogP contribution in [0.4, 0.5) is 0 Å². The van der Waals surface area contributed by atoms with Gasteiger partial charge < -0.3 is 15.6 Å². The molecular weight excluding hydrogens is 270 g/mol. The molecule has 0 aliphatic carbocycles. The number of phenolic OH excluding ortho intramolecular Hbond substituents is 1. The molecule has 0 aliphatic rings. The van der Waals surface area contributed by atoms with Crippen LogP contribution in [0, 0.1) is 0 Å². The van der Waals surface area contributed by atoms with Crippen LogP contribution in [0.3, 0.4) is 0 Å². The van der Waals surface area contributed by atoms with Gasteiger partial charge in [-0.3, -0.25) is 9.59 Å². The average Bonchev–Trinajstić information content (AvgIpc) is 2.48. The van der Waals surface area contributed by atoms with Crippen molar-refractivity contribution < 1.29 is 19.4 Å². The molecule has 2 aromatic carbocycles. The summed E-state index contributed by atoms with van der Waals surface area (Å²) < 4.78 is 5.20. The van der Waals surface area contributed by atoms with Crippen LogP contribution < -0.4 is 10.5 Å². The van der Waals surface area contributed by atoms with Crippen LogP contribution in [0.2, 0.25) is 0 Å². The molecule has 2 aromatic rings. The average molecular weight is 285 g/mol. The Kier molecular flexibility index (Phi) is 4.23. The fourth-order valence-electron chi connectivity index (χ4n) is 2.25. The van der Waals surface area contributed by atoms with Crippen LogP contribution in [0.5, 0.6) is 11.5 Å². The largest absolute Gasteiger partial charge is 0.508 e. The lowest BCUT2D eigenvalue weighted by Gasteiger charge is -2.18. The SMILES string of the molecule is COc1cc(O)ccc1C(C(N)=O)c1cccc(C=O)c1. The summed E-state index contributed by atoms with van der Waals surface area (Å²) in [5, 5.41) is 9.50. The van der Waals surface area contributed by atoms with Gasteiger partial charge in [0.05, 0.1) is 13.0 Å². The minimum absolute atomic E-state index is 0.0282. The second-order valence-corrected chi connectivity index (χ2v) is 4.55. The van der Waals surface area contributed by atoms with E-state index in [2.05, 4.69) is 0 Å². The normalized spacial score (nSPS) is 11.7. The Hall–Kier alpha value is -2.82. The van der Waals surface area contributed by atoms with E-state index in [1.807, 2.05) is 0 Å². The van der Waals surface area contributed by atoms with Crippen molar-refractivity contribution in [3.63, 3.8) is 0 Å². The number of aromatic hydroxyl groups is 1. The Bertz CT molecular complexity index is 682. The number of amides is 1. The minimum atomic E-state index is -0.763. The van der Waals surface area contributed by atoms with E-state index in [1.54, 1.807) is 30.3 Å². The molecule has 0 saturated heterocycles. The van der Waals surface area contributed by atoms with Crippen molar-refractivity contribution in [2.45, 2.75) is 5.92 Å². The van der Waals surface area contributed by atoms with Gasteiger partial charge in [-0.1, -0.05) is 24.3 Å². The van der Waals surface area contributed by atoms with Crippen LogP contribution in [-0.4, -0.2) is 24.4 Å². The number of hydrogen-bond acceptors (Lipinski definition) is 4. The molecule has 0 bridgehead atoms. The molecule has 1 atom stereocenters. The maximum atomic E-state index is 11.9. The quantitative estimate of drug-likeness (QED) is 0.820. The van der Waals surface area contributed by atoms with Crippen molar-refractivity contribution in [2.24, 2.45) is 5.73 Å². The van der Waals surface area contributed by atoms with E-state index in [4.69, 9.17) is 10.5 Å². The Morgan fingerprint density at radius 3 is 2.67 bits per heavy atom. The summed E-state index contributed by atoms with van der Waals surface area (Å²) in [6.07, 6.45) is 0.704. The molecule has 0 heterocycles. The van der Waals surface area contributed by atoms with Gasteiger partial charge in [0, 0.05) is 17.2 Å². The number of primary amides is 1. The second kappa shape index (κ2) is 6.09. The second-order valence-electron chi connectivity index (χ2n) is 4.55. The van der Waals surface area contributed by atoms with Gasteiger partial charge in [-0.15, -0.1) is 0 Å². The molecule has 0 aliphatic heterocycles.